The Labute approximate surface area is 95.7 Å². The quantitative estimate of drug-likeness (QED) is 0.825. The molecular weight excluding hydrogens is 207 g/mol. The summed E-state index contributed by atoms with van der Waals surface area (Å²) in [4.78, 5) is 9.68. The molecule has 4 nitrogen and oxygen atoms in total. The number of nitrogens with zero attached hydrogens (tertiary/aromatic N) is 3. The average Bonchev–Trinajstić information content (AvgIpc) is 2.26. The van der Waals surface area contributed by atoms with Crippen LogP contribution in [-0.4, -0.2) is 29.6 Å². The lowest BCUT2D eigenvalue weighted by Gasteiger charge is -2.21. The smallest absolute Gasteiger partial charge is 0.225 e. The van der Waals surface area contributed by atoms with Gasteiger partial charge in [0.2, 0.25) is 5.95 Å². The zero-order chi connectivity index (χ0) is 12.1. The maximum Gasteiger partial charge on any atom is 0.225 e. The minimum atomic E-state index is -0.420. The van der Waals surface area contributed by atoms with Crippen molar-refractivity contribution in [1.29, 1.82) is 0 Å². The van der Waals surface area contributed by atoms with Gasteiger partial charge in [-0.15, -0.1) is 0 Å². The van der Waals surface area contributed by atoms with E-state index in [-0.39, 0.29) is 6.04 Å². The minimum absolute atomic E-state index is 0.169. The first kappa shape index (κ1) is 12.8. The van der Waals surface area contributed by atoms with Gasteiger partial charge in [-0.05, 0) is 12.3 Å². The van der Waals surface area contributed by atoms with Crippen molar-refractivity contribution in [3.8, 4) is 0 Å². The van der Waals surface area contributed by atoms with Crippen molar-refractivity contribution in [1.82, 2.24) is 9.97 Å². The van der Waals surface area contributed by atoms with Crippen molar-refractivity contribution in [3.63, 3.8) is 0 Å². The monoisotopic (exact) mass is 226 g/mol. The second-order valence-corrected chi connectivity index (χ2v) is 4.32. The average molecular weight is 226 g/mol. The van der Waals surface area contributed by atoms with Crippen molar-refractivity contribution >= 4 is 5.95 Å². The minimum Gasteiger partial charge on any atom is -0.344 e. The number of aromatic nitrogens is 2. The second kappa shape index (κ2) is 5.75. The fraction of sp³-hybridized carbons (Fsp3) is 0.636. The Morgan fingerprint density at radius 3 is 2.44 bits per heavy atom. The summed E-state index contributed by atoms with van der Waals surface area (Å²) in [5, 5.41) is 0. The van der Waals surface area contributed by atoms with Crippen molar-refractivity contribution in [2.45, 2.75) is 26.3 Å². The van der Waals surface area contributed by atoms with Crippen molar-refractivity contribution in [2.75, 3.05) is 18.5 Å². The van der Waals surface area contributed by atoms with E-state index in [9.17, 15) is 4.39 Å². The molecule has 1 heterocycles. The predicted octanol–water partition coefficient (Wildman–Crippen LogP) is 1.43. The molecule has 1 rings (SSSR count). The highest BCUT2D eigenvalue weighted by Gasteiger charge is 2.10. The first-order valence-electron chi connectivity index (χ1n) is 5.45. The van der Waals surface area contributed by atoms with Crippen LogP contribution in [0.1, 0.15) is 20.3 Å². The van der Waals surface area contributed by atoms with E-state index in [1.165, 1.54) is 12.4 Å². The second-order valence-electron chi connectivity index (χ2n) is 4.32. The molecule has 0 fully saturated rings. The van der Waals surface area contributed by atoms with Gasteiger partial charge in [-0.25, -0.2) is 14.4 Å². The molecular formula is C11H19FN4. The van der Waals surface area contributed by atoms with Gasteiger partial charge in [0.1, 0.15) is 0 Å². The summed E-state index contributed by atoms with van der Waals surface area (Å²) in [7, 11) is 1.88. The zero-order valence-corrected chi connectivity index (χ0v) is 10.0. The number of rotatable bonds is 5. The third kappa shape index (κ3) is 3.73. The van der Waals surface area contributed by atoms with Crippen LogP contribution >= 0.6 is 0 Å². The molecule has 0 aliphatic rings. The molecule has 5 heteroatoms. The molecule has 16 heavy (non-hydrogen) atoms. The SMILES string of the molecule is CC(C)C(N)CCN(C)c1ncc(F)cn1. The van der Waals surface area contributed by atoms with Gasteiger partial charge in [0.25, 0.3) is 0 Å². The van der Waals surface area contributed by atoms with Crippen LogP contribution < -0.4 is 10.6 Å². The highest BCUT2D eigenvalue weighted by molar-refractivity contribution is 5.26. The maximum absolute atomic E-state index is 12.6. The molecule has 1 unspecified atom stereocenters. The van der Waals surface area contributed by atoms with Gasteiger partial charge in [0, 0.05) is 19.6 Å². The van der Waals surface area contributed by atoms with Crippen LogP contribution in [0.2, 0.25) is 0 Å². The third-order valence-corrected chi connectivity index (χ3v) is 2.60. The highest BCUT2D eigenvalue weighted by atomic mass is 19.1. The van der Waals surface area contributed by atoms with E-state index in [0.717, 1.165) is 13.0 Å². The lowest BCUT2D eigenvalue weighted by atomic mass is 10.0. The van der Waals surface area contributed by atoms with Crippen molar-refractivity contribution in [3.05, 3.63) is 18.2 Å². The molecule has 1 aromatic rings. The lowest BCUT2D eigenvalue weighted by molar-refractivity contribution is 0.465. The van der Waals surface area contributed by atoms with Crippen LogP contribution in [0.25, 0.3) is 0 Å². The van der Waals surface area contributed by atoms with Crippen molar-refractivity contribution < 1.29 is 4.39 Å². The number of hydrogen-bond acceptors (Lipinski definition) is 4. The Bertz CT molecular complexity index is 312. The van der Waals surface area contributed by atoms with E-state index in [1.807, 2.05) is 11.9 Å². The molecule has 1 atom stereocenters. The van der Waals surface area contributed by atoms with Gasteiger partial charge in [0.15, 0.2) is 5.82 Å². The Hall–Kier alpha value is -1.23. The molecule has 90 valence electrons. The molecule has 0 aliphatic carbocycles. The van der Waals surface area contributed by atoms with E-state index in [0.29, 0.717) is 11.9 Å². The van der Waals surface area contributed by atoms with E-state index < -0.39 is 5.82 Å². The van der Waals surface area contributed by atoms with Crippen LogP contribution in [0.5, 0.6) is 0 Å². The Morgan fingerprint density at radius 1 is 1.38 bits per heavy atom. The van der Waals surface area contributed by atoms with E-state index in [1.54, 1.807) is 0 Å². The maximum atomic E-state index is 12.6. The summed E-state index contributed by atoms with van der Waals surface area (Å²) in [6.07, 6.45) is 3.21. The normalized spacial score (nSPS) is 12.9. The van der Waals surface area contributed by atoms with Crippen LogP contribution in [0.15, 0.2) is 12.4 Å². The van der Waals surface area contributed by atoms with Gasteiger partial charge >= 0.3 is 0 Å². The predicted molar refractivity (Wildman–Crippen MR) is 62.7 cm³/mol. The van der Waals surface area contributed by atoms with Crippen LogP contribution in [0.4, 0.5) is 10.3 Å². The largest absolute Gasteiger partial charge is 0.344 e. The molecule has 0 aromatic carbocycles. The summed E-state index contributed by atoms with van der Waals surface area (Å²) in [6, 6.07) is 0.169. The molecule has 0 bridgehead atoms. The summed E-state index contributed by atoms with van der Waals surface area (Å²) < 4.78 is 12.6. The summed E-state index contributed by atoms with van der Waals surface area (Å²) in [5.41, 5.74) is 5.94. The summed E-state index contributed by atoms with van der Waals surface area (Å²) >= 11 is 0. The lowest BCUT2D eigenvalue weighted by Crippen LogP contribution is -2.32. The molecule has 0 spiro atoms. The van der Waals surface area contributed by atoms with Crippen molar-refractivity contribution in [2.24, 2.45) is 11.7 Å². The standard InChI is InChI=1S/C11H19FN4/c1-8(2)10(13)4-5-16(3)11-14-6-9(12)7-15-11/h6-8,10H,4-5,13H2,1-3H3. The molecule has 0 radical (unpaired) electrons. The summed E-state index contributed by atoms with van der Waals surface area (Å²) in [5.74, 6) is 0.566. The van der Waals surface area contributed by atoms with E-state index in [4.69, 9.17) is 5.73 Å². The molecule has 0 saturated carbocycles. The Balaban J connectivity index is 2.46. The number of nitrogens with two attached hydrogens (primary N) is 1. The highest BCUT2D eigenvalue weighted by Crippen LogP contribution is 2.08. The van der Waals surface area contributed by atoms with Crippen LogP contribution in [0.3, 0.4) is 0 Å². The zero-order valence-electron chi connectivity index (χ0n) is 10.0. The molecule has 1 aromatic heterocycles. The molecule has 2 N–H and O–H groups in total. The Morgan fingerprint density at radius 2 is 1.94 bits per heavy atom. The van der Waals surface area contributed by atoms with Gasteiger partial charge in [-0.3, -0.25) is 0 Å². The number of anilines is 1. The van der Waals surface area contributed by atoms with E-state index in [2.05, 4.69) is 23.8 Å². The Kier molecular flexibility index (Phi) is 4.61. The van der Waals surface area contributed by atoms with E-state index >= 15 is 0 Å². The van der Waals surface area contributed by atoms with Crippen LogP contribution in [0, 0.1) is 11.7 Å². The van der Waals surface area contributed by atoms with Gasteiger partial charge in [-0.1, -0.05) is 13.8 Å². The molecule has 0 amide bonds. The number of hydrogen-bond donors (Lipinski definition) is 1. The fourth-order valence-corrected chi connectivity index (χ4v) is 1.28. The fourth-order valence-electron chi connectivity index (χ4n) is 1.28. The van der Waals surface area contributed by atoms with Gasteiger partial charge in [0.05, 0.1) is 12.4 Å². The number of halogens is 1. The molecule has 0 aliphatic heterocycles. The van der Waals surface area contributed by atoms with Gasteiger partial charge in [-0.2, -0.15) is 0 Å². The van der Waals surface area contributed by atoms with Crippen LogP contribution in [-0.2, 0) is 0 Å². The van der Waals surface area contributed by atoms with Gasteiger partial charge < -0.3 is 10.6 Å². The summed E-state index contributed by atoms with van der Waals surface area (Å²) in [6.45, 7) is 4.96. The molecule has 0 saturated heterocycles. The first-order valence-corrected chi connectivity index (χ1v) is 5.45. The first-order chi connectivity index (χ1) is 7.50. The topological polar surface area (TPSA) is 55.0 Å². The third-order valence-electron chi connectivity index (χ3n) is 2.60.